The molecule has 1 amide bonds. The van der Waals surface area contributed by atoms with Gasteiger partial charge in [-0.2, -0.15) is 13.0 Å². The molecule has 1 saturated heterocycles. The van der Waals surface area contributed by atoms with Crippen molar-refractivity contribution in [3.8, 4) is 0 Å². The Hall–Kier alpha value is -1.25. The summed E-state index contributed by atoms with van der Waals surface area (Å²) in [6.07, 6.45) is 29.8. The fraction of sp³-hybridized carbons (Fsp3) is 0.862. The molecule has 0 aromatic carbocycles. The summed E-state index contributed by atoms with van der Waals surface area (Å²) in [5.41, 5.74) is 0. The smallest absolute Gasteiger partial charge is 0.319 e. The third kappa shape index (κ3) is 17.1. The van der Waals surface area contributed by atoms with E-state index < -0.39 is 10.1 Å². The number of likely N-dealkylation sites (tertiary alicyclic amines) is 1. The first-order valence-electron chi connectivity index (χ1n) is 15.0. The first-order valence-corrected chi connectivity index (χ1v) is 16.7. The van der Waals surface area contributed by atoms with Crippen LogP contribution in [0.15, 0.2) is 12.5 Å². The van der Waals surface area contributed by atoms with Gasteiger partial charge in [0.05, 0.1) is 25.3 Å². The number of hydrogen-bond donors (Lipinski definition) is 1. The van der Waals surface area contributed by atoms with Gasteiger partial charge in [0.25, 0.3) is 16.8 Å². The monoisotopic (exact) mass is 544 g/mol. The predicted octanol–water partition coefficient (Wildman–Crippen LogP) is 6.82. The van der Waals surface area contributed by atoms with Crippen LogP contribution in [-0.2, 0) is 19.6 Å². The zero-order valence-corrected chi connectivity index (χ0v) is 24.7. The van der Waals surface area contributed by atoms with Gasteiger partial charge in [0.1, 0.15) is 6.26 Å². The van der Waals surface area contributed by atoms with E-state index in [4.69, 9.17) is 9.29 Å². The van der Waals surface area contributed by atoms with Crippen LogP contribution in [0.2, 0.25) is 0 Å². The summed E-state index contributed by atoms with van der Waals surface area (Å²) in [6, 6.07) is 0. The van der Waals surface area contributed by atoms with Crippen molar-refractivity contribution >= 4 is 22.2 Å². The van der Waals surface area contributed by atoms with E-state index in [9.17, 15) is 13.2 Å². The van der Waals surface area contributed by atoms with Crippen LogP contribution in [0.25, 0.3) is 0 Å². The Morgan fingerprint density at radius 2 is 1.35 bits per heavy atom. The lowest BCUT2D eigenvalue weighted by atomic mass is 10.0. The second kappa shape index (κ2) is 20.7. The second-order valence-corrected chi connectivity index (χ2v) is 12.5. The van der Waals surface area contributed by atoms with Crippen molar-refractivity contribution in [2.45, 2.75) is 129 Å². The lowest BCUT2D eigenvalue weighted by Crippen LogP contribution is -2.53. The number of rotatable bonds is 20. The molecular weight excluding hydrogens is 488 g/mol. The van der Waals surface area contributed by atoms with Crippen molar-refractivity contribution in [3.63, 3.8) is 0 Å². The minimum atomic E-state index is -3.66. The zero-order chi connectivity index (χ0) is 27.2. The topological polar surface area (TPSA) is 83.7 Å². The molecule has 0 saturated carbocycles. The molecule has 2 aliphatic heterocycles. The number of quaternary nitrogens is 1. The molecule has 2 heterocycles. The minimum Gasteiger partial charge on any atom is -0.485 e. The van der Waals surface area contributed by atoms with Crippen LogP contribution >= 0.6 is 0 Å². The molecule has 0 radical (unpaired) electrons. The summed E-state index contributed by atoms with van der Waals surface area (Å²) in [5.74, 6) is 0.238. The average molecular weight is 545 g/mol. The van der Waals surface area contributed by atoms with Crippen molar-refractivity contribution in [2.75, 3.05) is 32.1 Å². The van der Waals surface area contributed by atoms with Crippen LogP contribution < -0.4 is 0 Å². The Balaban J connectivity index is 0.00000102. The molecule has 1 unspecified atom stereocenters. The third-order valence-electron chi connectivity index (χ3n) is 7.50. The first-order chi connectivity index (χ1) is 17.8. The quantitative estimate of drug-likeness (QED) is 0.0787. The first kappa shape index (κ1) is 33.8. The zero-order valence-electron chi connectivity index (χ0n) is 23.9. The summed E-state index contributed by atoms with van der Waals surface area (Å²) in [6.45, 7) is 7.08. The maximum Gasteiger partial charge on any atom is 0.319 e. The summed E-state index contributed by atoms with van der Waals surface area (Å²) in [7, 11) is -3.66. The van der Waals surface area contributed by atoms with Crippen molar-refractivity contribution in [1.29, 1.82) is 0 Å². The van der Waals surface area contributed by atoms with Crippen molar-refractivity contribution < 1.29 is 31.6 Å². The molecule has 37 heavy (non-hydrogen) atoms. The van der Waals surface area contributed by atoms with E-state index in [0.29, 0.717) is 17.0 Å². The van der Waals surface area contributed by atoms with Gasteiger partial charge in [-0.1, -0.05) is 96.8 Å². The van der Waals surface area contributed by atoms with E-state index in [1.54, 1.807) is 6.26 Å². The summed E-state index contributed by atoms with van der Waals surface area (Å²) < 4.78 is 35.0. The maximum atomic E-state index is 12.6. The number of unbranched alkanes of at least 4 members (excludes halogenated alkanes) is 15. The second-order valence-electron chi connectivity index (χ2n) is 10.7. The van der Waals surface area contributed by atoms with E-state index in [-0.39, 0.29) is 5.75 Å². The van der Waals surface area contributed by atoms with Gasteiger partial charge in [-0.15, -0.1) is 0 Å². The van der Waals surface area contributed by atoms with Gasteiger partial charge in [-0.25, -0.2) is 9.28 Å². The standard InChI is InChI=1S/C27H50N2O2.C2H6O3S/c1-2-3-4-5-6-7-8-9-10-11-12-13-14-15-16-17-22-29(23-18-19-27(29)30)26-28-20-24-31-25-21-28;1-2-6(3,4)5/h20-21,24H,2-19,22-23,25-26H2,1H3;2H2,1H3,(H,3,4,5)/q+2;. The molecule has 2 aliphatic rings. The van der Waals surface area contributed by atoms with E-state index >= 15 is 0 Å². The SMILES string of the molecule is CCCCCCCCCCCCCCCCCC[N+]1(C[N+]2=CCOC=C2)CCCC1=O.CCS(=O)(=O)O. The highest BCUT2D eigenvalue weighted by atomic mass is 32.2. The molecular formula is C29H56N2O5S+2. The van der Waals surface area contributed by atoms with Crippen LogP contribution in [-0.4, -0.2) is 66.3 Å². The lowest BCUT2D eigenvalue weighted by molar-refractivity contribution is -0.920. The van der Waals surface area contributed by atoms with Crippen LogP contribution in [0, 0.1) is 0 Å². The fourth-order valence-corrected chi connectivity index (χ4v) is 5.11. The maximum absolute atomic E-state index is 12.6. The molecule has 7 nitrogen and oxygen atoms in total. The van der Waals surface area contributed by atoms with Crippen molar-refractivity contribution in [2.24, 2.45) is 0 Å². The summed E-state index contributed by atoms with van der Waals surface area (Å²) >= 11 is 0. The Bertz CT molecular complexity index is 766. The normalized spacial score (nSPS) is 19.3. The summed E-state index contributed by atoms with van der Waals surface area (Å²) in [5, 5.41) is 0. The van der Waals surface area contributed by atoms with Gasteiger partial charge >= 0.3 is 5.91 Å². The minimum absolute atomic E-state index is 0.201. The fourth-order valence-electron chi connectivity index (χ4n) is 5.11. The Morgan fingerprint density at radius 1 is 0.865 bits per heavy atom. The van der Waals surface area contributed by atoms with Gasteiger partial charge in [-0.05, 0) is 19.8 Å². The molecule has 0 spiro atoms. The predicted molar refractivity (Wildman–Crippen MR) is 152 cm³/mol. The van der Waals surface area contributed by atoms with E-state index in [0.717, 1.165) is 32.6 Å². The Kier molecular flexibility index (Phi) is 18.9. The number of ether oxygens (including phenoxy) is 1. The molecule has 0 aromatic heterocycles. The Labute approximate surface area is 227 Å². The largest absolute Gasteiger partial charge is 0.485 e. The number of carbonyl (C=O) groups excluding carboxylic acids is 1. The number of carbonyl (C=O) groups is 1. The molecule has 2 rings (SSSR count). The number of amides is 1. The molecule has 1 N–H and O–H groups in total. The summed E-state index contributed by atoms with van der Waals surface area (Å²) in [4.78, 5) is 12.6. The van der Waals surface area contributed by atoms with Gasteiger partial charge in [0.15, 0.2) is 12.8 Å². The van der Waals surface area contributed by atoms with Gasteiger partial charge in [-0.3, -0.25) is 4.55 Å². The van der Waals surface area contributed by atoms with E-state index in [1.807, 2.05) is 6.20 Å². The third-order valence-corrected chi connectivity index (χ3v) is 8.23. The molecule has 1 fully saturated rings. The molecule has 8 heteroatoms. The molecule has 0 aromatic rings. The van der Waals surface area contributed by atoms with Gasteiger partial charge < -0.3 is 4.74 Å². The van der Waals surface area contributed by atoms with Crippen LogP contribution in [0.1, 0.15) is 129 Å². The number of nitrogens with zero attached hydrogens (tertiary/aromatic N) is 2. The van der Waals surface area contributed by atoms with Crippen LogP contribution in [0.5, 0.6) is 0 Å². The van der Waals surface area contributed by atoms with E-state index in [2.05, 4.69) is 17.7 Å². The highest BCUT2D eigenvalue weighted by Gasteiger charge is 2.44. The Morgan fingerprint density at radius 3 is 1.73 bits per heavy atom. The molecule has 216 valence electrons. The highest BCUT2D eigenvalue weighted by Crippen LogP contribution is 2.23. The average Bonchev–Trinajstić information content (AvgIpc) is 3.23. The van der Waals surface area contributed by atoms with Crippen molar-refractivity contribution in [1.82, 2.24) is 0 Å². The lowest BCUT2D eigenvalue weighted by Gasteiger charge is -2.28. The highest BCUT2D eigenvalue weighted by molar-refractivity contribution is 7.85. The van der Waals surface area contributed by atoms with E-state index in [1.165, 1.54) is 110 Å². The molecule has 0 aliphatic carbocycles. The van der Waals surface area contributed by atoms with Crippen molar-refractivity contribution in [3.05, 3.63) is 12.5 Å². The van der Waals surface area contributed by atoms with Gasteiger partial charge in [0.2, 0.25) is 6.20 Å². The van der Waals surface area contributed by atoms with Crippen LogP contribution in [0.3, 0.4) is 0 Å². The molecule has 1 atom stereocenters. The van der Waals surface area contributed by atoms with Gasteiger partial charge in [0, 0.05) is 6.42 Å². The molecule has 0 bridgehead atoms. The van der Waals surface area contributed by atoms with Crippen LogP contribution in [0.4, 0.5) is 0 Å². The number of hydrogen-bond acceptors (Lipinski definition) is 4.